The number of amides is 4. The molecule has 1 heterocycles. The molecule has 0 aliphatic carbocycles. The molecule has 2 aromatic carbocycles. The Morgan fingerprint density at radius 1 is 1.11 bits per heavy atom. The van der Waals surface area contributed by atoms with Crippen LogP contribution in [0.1, 0.15) is 11.1 Å². The largest absolute Gasteiger partial charge is 0.493 e. The number of nitrogens with one attached hydrogen (secondary N) is 3. The number of hydrogen-bond donors (Lipinski definition) is 3. The molecular formula is C20H19N3O5. The van der Waals surface area contributed by atoms with Crippen molar-refractivity contribution in [3.05, 3.63) is 59.3 Å². The van der Waals surface area contributed by atoms with Gasteiger partial charge in [-0.1, -0.05) is 29.8 Å². The molecule has 0 radical (unpaired) electrons. The lowest BCUT2D eigenvalue weighted by molar-refractivity contribution is -0.118. The molecule has 4 amide bonds. The van der Waals surface area contributed by atoms with Gasteiger partial charge in [0, 0.05) is 11.3 Å². The zero-order chi connectivity index (χ0) is 20.1. The van der Waals surface area contributed by atoms with Crippen LogP contribution in [-0.4, -0.2) is 31.6 Å². The summed E-state index contributed by atoms with van der Waals surface area (Å²) in [5, 5.41) is 7.27. The Hall–Kier alpha value is -3.81. The number of carbonyl (C=O) groups is 3. The molecule has 0 aromatic heterocycles. The molecule has 0 atom stereocenters. The molecule has 0 spiro atoms. The van der Waals surface area contributed by atoms with Gasteiger partial charge in [-0.15, -0.1) is 0 Å². The Morgan fingerprint density at radius 3 is 2.50 bits per heavy atom. The van der Waals surface area contributed by atoms with Crippen LogP contribution >= 0.6 is 0 Å². The van der Waals surface area contributed by atoms with Gasteiger partial charge in [-0.05, 0) is 31.2 Å². The maximum atomic E-state index is 12.2. The third-order valence-electron chi connectivity index (χ3n) is 3.93. The van der Waals surface area contributed by atoms with Gasteiger partial charge in [-0.3, -0.25) is 14.9 Å². The van der Waals surface area contributed by atoms with Crippen LogP contribution < -0.4 is 25.4 Å². The lowest BCUT2D eigenvalue weighted by atomic mass is 10.1. The molecular weight excluding hydrogens is 362 g/mol. The fourth-order valence-corrected chi connectivity index (χ4v) is 2.57. The van der Waals surface area contributed by atoms with Crippen molar-refractivity contribution in [1.29, 1.82) is 0 Å². The second-order valence-corrected chi connectivity index (χ2v) is 6.05. The van der Waals surface area contributed by atoms with Crippen molar-refractivity contribution < 1.29 is 23.9 Å². The molecule has 0 bridgehead atoms. The van der Waals surface area contributed by atoms with Crippen molar-refractivity contribution >= 4 is 29.6 Å². The quantitative estimate of drug-likeness (QED) is 0.525. The number of rotatable bonds is 6. The number of methoxy groups -OCH3 is 1. The highest BCUT2D eigenvalue weighted by molar-refractivity contribution is 6.14. The Bertz CT molecular complexity index is 951. The lowest BCUT2D eigenvalue weighted by Crippen LogP contribution is -2.22. The lowest BCUT2D eigenvalue weighted by Gasteiger charge is -2.14. The summed E-state index contributed by atoms with van der Waals surface area (Å²) in [4.78, 5) is 35.2. The molecule has 1 aliphatic heterocycles. The van der Waals surface area contributed by atoms with E-state index in [1.807, 2.05) is 19.1 Å². The van der Waals surface area contributed by atoms with Crippen molar-refractivity contribution in [2.24, 2.45) is 0 Å². The Morgan fingerprint density at radius 2 is 1.86 bits per heavy atom. The number of benzene rings is 2. The molecule has 0 unspecified atom stereocenters. The smallest absolute Gasteiger partial charge is 0.326 e. The summed E-state index contributed by atoms with van der Waals surface area (Å²) in [5.41, 5.74) is 2.30. The molecule has 0 saturated carbocycles. The van der Waals surface area contributed by atoms with Crippen molar-refractivity contribution in [3.8, 4) is 11.5 Å². The maximum absolute atomic E-state index is 12.2. The fourth-order valence-electron chi connectivity index (χ4n) is 2.57. The molecule has 3 rings (SSSR count). The van der Waals surface area contributed by atoms with E-state index in [1.54, 1.807) is 30.3 Å². The third-order valence-corrected chi connectivity index (χ3v) is 3.93. The number of ether oxygens (including phenoxy) is 2. The number of anilines is 1. The van der Waals surface area contributed by atoms with E-state index in [2.05, 4.69) is 16.0 Å². The summed E-state index contributed by atoms with van der Waals surface area (Å²) < 4.78 is 11.0. The highest BCUT2D eigenvalue weighted by Crippen LogP contribution is 2.32. The minimum absolute atomic E-state index is 0.0761. The SMILES string of the molecule is COc1cccc(/C=C2/NC(=O)NC2=O)c1OCC(=O)Nc1ccc(C)cc1. The predicted octanol–water partition coefficient (Wildman–Crippen LogP) is 2.20. The normalized spacial score (nSPS) is 14.4. The zero-order valence-electron chi connectivity index (χ0n) is 15.4. The van der Waals surface area contributed by atoms with E-state index >= 15 is 0 Å². The Labute approximate surface area is 161 Å². The van der Waals surface area contributed by atoms with Crippen LogP contribution in [0.2, 0.25) is 0 Å². The van der Waals surface area contributed by atoms with Crippen molar-refractivity contribution in [2.75, 3.05) is 19.0 Å². The summed E-state index contributed by atoms with van der Waals surface area (Å²) in [6.45, 7) is 1.70. The van der Waals surface area contributed by atoms with Crippen LogP contribution in [-0.2, 0) is 9.59 Å². The van der Waals surface area contributed by atoms with Crippen molar-refractivity contribution in [2.45, 2.75) is 6.92 Å². The van der Waals surface area contributed by atoms with Crippen LogP contribution in [0.15, 0.2) is 48.2 Å². The number of hydrogen-bond acceptors (Lipinski definition) is 5. The number of urea groups is 1. The summed E-state index contributed by atoms with van der Waals surface area (Å²) in [6.07, 6.45) is 1.45. The van der Waals surface area contributed by atoms with E-state index in [-0.39, 0.29) is 24.0 Å². The van der Waals surface area contributed by atoms with E-state index in [1.165, 1.54) is 13.2 Å². The summed E-state index contributed by atoms with van der Waals surface area (Å²) >= 11 is 0. The van der Waals surface area contributed by atoms with Gasteiger partial charge in [0.15, 0.2) is 18.1 Å². The first-order chi connectivity index (χ1) is 13.5. The first-order valence-electron chi connectivity index (χ1n) is 8.46. The van der Waals surface area contributed by atoms with E-state index < -0.39 is 11.9 Å². The number of para-hydroxylation sites is 1. The summed E-state index contributed by atoms with van der Waals surface area (Å²) in [6, 6.07) is 11.8. The molecule has 8 nitrogen and oxygen atoms in total. The van der Waals surface area contributed by atoms with E-state index in [9.17, 15) is 14.4 Å². The van der Waals surface area contributed by atoms with Gasteiger partial charge >= 0.3 is 6.03 Å². The highest BCUT2D eigenvalue weighted by atomic mass is 16.5. The van der Waals surface area contributed by atoms with E-state index in [4.69, 9.17) is 9.47 Å². The second-order valence-electron chi connectivity index (χ2n) is 6.05. The average molecular weight is 381 g/mol. The molecule has 8 heteroatoms. The van der Waals surface area contributed by atoms with Gasteiger partial charge in [-0.2, -0.15) is 0 Å². The van der Waals surface area contributed by atoms with Crippen LogP contribution in [0.25, 0.3) is 6.08 Å². The number of carbonyl (C=O) groups excluding carboxylic acids is 3. The van der Waals surface area contributed by atoms with Crippen LogP contribution in [0.4, 0.5) is 10.5 Å². The van der Waals surface area contributed by atoms with E-state index in [0.29, 0.717) is 17.0 Å². The molecule has 28 heavy (non-hydrogen) atoms. The van der Waals surface area contributed by atoms with E-state index in [0.717, 1.165) is 5.56 Å². The average Bonchev–Trinajstić information content (AvgIpc) is 2.99. The molecule has 1 saturated heterocycles. The number of aryl methyl sites for hydroxylation is 1. The standard InChI is InChI=1S/C20H19N3O5/c1-12-6-8-14(9-7-12)21-17(24)11-28-18-13(4-3-5-16(18)27-2)10-15-19(25)23-20(26)22-15/h3-10H,11H2,1-2H3,(H,21,24)(H2,22,23,25,26)/b15-10+. The minimum atomic E-state index is -0.598. The van der Waals surface area contributed by atoms with Crippen LogP contribution in [0.5, 0.6) is 11.5 Å². The summed E-state index contributed by atoms with van der Waals surface area (Å²) in [5.74, 6) is -0.219. The van der Waals surface area contributed by atoms with Crippen molar-refractivity contribution in [1.82, 2.24) is 10.6 Å². The van der Waals surface area contributed by atoms with Crippen LogP contribution in [0.3, 0.4) is 0 Å². The molecule has 144 valence electrons. The van der Waals surface area contributed by atoms with Gasteiger partial charge in [0.05, 0.1) is 7.11 Å². The molecule has 1 aliphatic rings. The van der Waals surface area contributed by atoms with Gasteiger partial charge in [0.25, 0.3) is 11.8 Å². The first kappa shape index (κ1) is 19.0. The molecule has 1 fully saturated rings. The topological polar surface area (TPSA) is 106 Å². The zero-order valence-corrected chi connectivity index (χ0v) is 15.4. The Kier molecular flexibility index (Phi) is 5.59. The minimum Gasteiger partial charge on any atom is -0.493 e. The number of imide groups is 1. The Balaban J connectivity index is 1.76. The molecule has 3 N–H and O–H groups in total. The second kappa shape index (κ2) is 8.26. The third kappa shape index (κ3) is 4.47. The summed E-state index contributed by atoms with van der Waals surface area (Å²) in [7, 11) is 1.47. The predicted molar refractivity (Wildman–Crippen MR) is 103 cm³/mol. The van der Waals surface area contributed by atoms with Crippen LogP contribution in [0, 0.1) is 6.92 Å². The monoisotopic (exact) mass is 381 g/mol. The maximum Gasteiger partial charge on any atom is 0.326 e. The molecule has 2 aromatic rings. The first-order valence-corrected chi connectivity index (χ1v) is 8.46. The van der Waals surface area contributed by atoms with Gasteiger partial charge in [0.2, 0.25) is 0 Å². The highest BCUT2D eigenvalue weighted by Gasteiger charge is 2.24. The fraction of sp³-hybridized carbons (Fsp3) is 0.150. The van der Waals surface area contributed by atoms with Gasteiger partial charge in [0.1, 0.15) is 5.70 Å². The van der Waals surface area contributed by atoms with Gasteiger partial charge in [-0.25, -0.2) is 4.79 Å². The van der Waals surface area contributed by atoms with Crippen molar-refractivity contribution in [3.63, 3.8) is 0 Å². The van der Waals surface area contributed by atoms with Gasteiger partial charge < -0.3 is 20.1 Å².